The van der Waals surface area contributed by atoms with Crippen LogP contribution in [0.4, 0.5) is 5.82 Å². The van der Waals surface area contributed by atoms with Crippen molar-refractivity contribution in [3.05, 3.63) is 65.7 Å². The number of hydrogen-bond donors (Lipinski definition) is 2. The van der Waals surface area contributed by atoms with Gasteiger partial charge in [-0.2, -0.15) is 0 Å². The van der Waals surface area contributed by atoms with Gasteiger partial charge in [-0.3, -0.25) is 19.8 Å². The summed E-state index contributed by atoms with van der Waals surface area (Å²) in [5.74, 6) is 0.553. The predicted molar refractivity (Wildman–Crippen MR) is 124 cm³/mol. The molecule has 3 aromatic rings. The molecular formula is C24H24N6O2. The summed E-state index contributed by atoms with van der Waals surface area (Å²) in [6.07, 6.45) is 11.7. The quantitative estimate of drug-likeness (QED) is 0.525. The van der Waals surface area contributed by atoms with E-state index in [1.807, 2.05) is 25.1 Å². The molecule has 0 spiro atoms. The molecule has 4 rings (SSSR count). The van der Waals surface area contributed by atoms with Gasteiger partial charge in [0.1, 0.15) is 5.75 Å². The van der Waals surface area contributed by atoms with Crippen LogP contribution in [0.1, 0.15) is 40.2 Å². The molecular weight excluding hydrogens is 404 g/mol. The van der Waals surface area contributed by atoms with Gasteiger partial charge in [0.25, 0.3) is 5.91 Å². The number of ether oxygens (including phenoxy) is 1. The molecule has 0 bridgehead atoms. The smallest absolute Gasteiger partial charge is 0.258 e. The summed E-state index contributed by atoms with van der Waals surface area (Å²) < 4.78 is 6.07. The standard InChI is InChI=1S/C24H24N6O2/c1-15-7-8-27-12-20(15)24(31)30-23-14-28-21(13-29-23)19-9-16(17(10-25)11-26-2)3-6-22(19)32-18-4-5-18/h3,6-14,17-18,25H,4-5H2,1-2H3,(H,29,30,31). The van der Waals surface area contributed by atoms with E-state index in [4.69, 9.17) is 10.1 Å². The van der Waals surface area contributed by atoms with Gasteiger partial charge in [0.05, 0.1) is 35.7 Å². The predicted octanol–water partition coefficient (Wildman–Crippen LogP) is 4.07. The summed E-state index contributed by atoms with van der Waals surface area (Å²) in [7, 11) is 1.69. The number of rotatable bonds is 8. The molecule has 2 aromatic heterocycles. The number of nitrogens with one attached hydrogen (secondary N) is 2. The second kappa shape index (κ2) is 9.47. The van der Waals surface area contributed by atoms with Gasteiger partial charge < -0.3 is 15.5 Å². The highest BCUT2D eigenvalue weighted by atomic mass is 16.5. The summed E-state index contributed by atoms with van der Waals surface area (Å²) >= 11 is 0. The topological polar surface area (TPSA) is 113 Å². The van der Waals surface area contributed by atoms with Gasteiger partial charge in [0.2, 0.25) is 0 Å². The van der Waals surface area contributed by atoms with Crippen LogP contribution in [0.2, 0.25) is 0 Å². The summed E-state index contributed by atoms with van der Waals surface area (Å²) in [5.41, 5.74) is 3.64. The highest BCUT2D eigenvalue weighted by Gasteiger charge is 2.25. The van der Waals surface area contributed by atoms with Crippen molar-refractivity contribution < 1.29 is 9.53 Å². The van der Waals surface area contributed by atoms with E-state index in [9.17, 15) is 4.79 Å². The van der Waals surface area contributed by atoms with E-state index in [1.54, 1.807) is 31.7 Å². The van der Waals surface area contributed by atoms with Crippen LogP contribution in [0.25, 0.3) is 11.3 Å². The van der Waals surface area contributed by atoms with Gasteiger partial charge in [-0.05, 0) is 49.1 Å². The molecule has 8 heteroatoms. The minimum absolute atomic E-state index is 0.226. The Balaban J connectivity index is 1.61. The van der Waals surface area contributed by atoms with Gasteiger partial charge in [-0.1, -0.05) is 6.07 Å². The minimum Gasteiger partial charge on any atom is -0.490 e. The van der Waals surface area contributed by atoms with E-state index < -0.39 is 0 Å². The fourth-order valence-corrected chi connectivity index (χ4v) is 3.23. The fraction of sp³-hybridized carbons (Fsp3) is 0.250. The van der Waals surface area contributed by atoms with Crippen molar-refractivity contribution in [3.63, 3.8) is 0 Å². The minimum atomic E-state index is -0.287. The van der Waals surface area contributed by atoms with Crippen LogP contribution >= 0.6 is 0 Å². The van der Waals surface area contributed by atoms with E-state index in [0.717, 1.165) is 35.3 Å². The highest BCUT2D eigenvalue weighted by molar-refractivity contribution is 6.04. The Morgan fingerprint density at radius 2 is 2.09 bits per heavy atom. The van der Waals surface area contributed by atoms with E-state index in [1.165, 1.54) is 18.6 Å². The molecule has 32 heavy (non-hydrogen) atoms. The largest absolute Gasteiger partial charge is 0.490 e. The van der Waals surface area contributed by atoms with Crippen LogP contribution in [0.15, 0.2) is 54.0 Å². The number of pyridine rings is 1. The number of aliphatic imine (C=N–C) groups is 1. The number of carbonyl (C=O) groups is 1. The third-order valence-electron chi connectivity index (χ3n) is 5.15. The number of anilines is 1. The first kappa shape index (κ1) is 21.3. The monoisotopic (exact) mass is 428 g/mol. The Morgan fingerprint density at radius 1 is 1.25 bits per heavy atom. The molecule has 1 saturated carbocycles. The Morgan fingerprint density at radius 3 is 2.75 bits per heavy atom. The van der Waals surface area contributed by atoms with Crippen molar-refractivity contribution in [1.29, 1.82) is 5.41 Å². The van der Waals surface area contributed by atoms with Crippen LogP contribution in [0.3, 0.4) is 0 Å². The molecule has 1 unspecified atom stereocenters. The van der Waals surface area contributed by atoms with E-state index in [2.05, 4.69) is 25.3 Å². The number of carbonyl (C=O) groups excluding carboxylic acids is 1. The summed E-state index contributed by atoms with van der Waals surface area (Å²) in [5, 5.41) is 10.5. The molecule has 1 aliphatic carbocycles. The Hall–Kier alpha value is -3.94. The first-order chi connectivity index (χ1) is 15.6. The lowest BCUT2D eigenvalue weighted by molar-refractivity contribution is 0.102. The lowest BCUT2D eigenvalue weighted by atomic mass is 9.97. The SMILES string of the molecule is CN=CC(C=N)c1ccc(OC2CC2)c(-c2cnc(NC(=O)c3cnccc3C)cn2)c1. The van der Waals surface area contributed by atoms with Crippen molar-refractivity contribution in [2.75, 3.05) is 12.4 Å². The molecule has 1 aliphatic rings. The molecule has 0 radical (unpaired) electrons. The first-order valence-corrected chi connectivity index (χ1v) is 10.4. The number of amides is 1. The van der Waals surface area contributed by atoms with Gasteiger partial charge in [0.15, 0.2) is 5.82 Å². The second-order valence-electron chi connectivity index (χ2n) is 7.60. The van der Waals surface area contributed by atoms with Crippen molar-refractivity contribution in [2.45, 2.75) is 31.8 Å². The Labute approximate surface area is 186 Å². The Kier molecular flexibility index (Phi) is 6.30. The summed E-state index contributed by atoms with van der Waals surface area (Å²) in [6.45, 7) is 1.85. The van der Waals surface area contributed by atoms with E-state index >= 15 is 0 Å². The van der Waals surface area contributed by atoms with Crippen LogP contribution in [-0.2, 0) is 0 Å². The summed E-state index contributed by atoms with van der Waals surface area (Å²) in [4.78, 5) is 29.5. The summed E-state index contributed by atoms with van der Waals surface area (Å²) in [6, 6.07) is 7.58. The molecule has 162 valence electrons. The number of aromatic nitrogens is 3. The zero-order valence-electron chi connectivity index (χ0n) is 17.9. The molecule has 1 atom stereocenters. The fourth-order valence-electron chi connectivity index (χ4n) is 3.23. The molecule has 2 heterocycles. The zero-order chi connectivity index (χ0) is 22.5. The zero-order valence-corrected chi connectivity index (χ0v) is 17.9. The molecule has 1 aromatic carbocycles. The van der Waals surface area contributed by atoms with Crippen molar-refractivity contribution in [3.8, 4) is 17.0 Å². The molecule has 1 fully saturated rings. The van der Waals surface area contributed by atoms with Crippen LogP contribution < -0.4 is 10.1 Å². The molecule has 2 N–H and O–H groups in total. The van der Waals surface area contributed by atoms with Crippen molar-refractivity contribution in [1.82, 2.24) is 15.0 Å². The average Bonchev–Trinajstić information content (AvgIpc) is 3.63. The first-order valence-electron chi connectivity index (χ1n) is 10.4. The Bertz CT molecular complexity index is 1160. The van der Waals surface area contributed by atoms with Crippen LogP contribution in [-0.4, -0.2) is 46.4 Å². The lowest BCUT2D eigenvalue weighted by Crippen LogP contribution is -2.14. The average molecular weight is 428 g/mol. The number of nitrogens with zero attached hydrogens (tertiary/aromatic N) is 4. The van der Waals surface area contributed by atoms with E-state index in [-0.39, 0.29) is 17.9 Å². The van der Waals surface area contributed by atoms with Gasteiger partial charge in [-0.25, -0.2) is 4.98 Å². The van der Waals surface area contributed by atoms with Crippen LogP contribution in [0, 0.1) is 12.3 Å². The maximum atomic E-state index is 12.5. The van der Waals surface area contributed by atoms with Gasteiger partial charge >= 0.3 is 0 Å². The lowest BCUT2D eigenvalue weighted by Gasteiger charge is -2.14. The molecule has 1 amide bonds. The van der Waals surface area contributed by atoms with E-state index in [0.29, 0.717) is 17.1 Å². The third-order valence-corrected chi connectivity index (χ3v) is 5.15. The third kappa shape index (κ3) is 4.85. The molecule has 8 nitrogen and oxygen atoms in total. The highest BCUT2D eigenvalue weighted by Crippen LogP contribution is 2.35. The maximum absolute atomic E-state index is 12.5. The van der Waals surface area contributed by atoms with Crippen LogP contribution in [0.5, 0.6) is 5.75 Å². The van der Waals surface area contributed by atoms with Gasteiger partial charge in [-0.15, -0.1) is 0 Å². The van der Waals surface area contributed by atoms with Crippen molar-refractivity contribution >= 4 is 24.2 Å². The number of hydrogen-bond acceptors (Lipinski definition) is 7. The van der Waals surface area contributed by atoms with Crippen molar-refractivity contribution in [2.24, 2.45) is 4.99 Å². The maximum Gasteiger partial charge on any atom is 0.258 e. The molecule has 0 aliphatic heterocycles. The number of aryl methyl sites for hydroxylation is 1. The second-order valence-corrected chi connectivity index (χ2v) is 7.60. The van der Waals surface area contributed by atoms with Gasteiger partial charge in [0, 0.05) is 37.4 Å². The molecule has 0 saturated heterocycles. The normalized spacial score (nSPS) is 14.2. The number of benzene rings is 1.